The normalized spacial score (nSPS) is 20.9. The Balaban J connectivity index is 1.78. The Kier molecular flexibility index (Phi) is 3.82. The largest absolute Gasteiger partial charge is 0.466 e. The van der Waals surface area contributed by atoms with E-state index in [2.05, 4.69) is 52.6 Å². The molecule has 1 atom stereocenters. The minimum atomic E-state index is 0.296. The van der Waals surface area contributed by atoms with Crippen LogP contribution >= 0.6 is 27.3 Å². The van der Waals surface area contributed by atoms with Crippen LogP contribution in [0.2, 0.25) is 0 Å². The Morgan fingerprint density at radius 2 is 2.25 bits per heavy atom. The topological polar surface area (TPSA) is 25.2 Å². The van der Waals surface area contributed by atoms with Crippen LogP contribution in [0.1, 0.15) is 49.0 Å². The van der Waals surface area contributed by atoms with Crippen LogP contribution in [0, 0.1) is 12.3 Å². The van der Waals surface area contributed by atoms with E-state index in [0.29, 0.717) is 11.5 Å². The fraction of sp³-hybridized carbons (Fsp3) is 0.500. The lowest BCUT2D eigenvalue weighted by molar-refractivity contribution is 0.233. The molecule has 0 saturated carbocycles. The molecular weight excluding hydrogens is 334 g/mol. The van der Waals surface area contributed by atoms with Crippen molar-refractivity contribution in [3.05, 3.63) is 43.9 Å². The first-order chi connectivity index (χ1) is 9.43. The van der Waals surface area contributed by atoms with Gasteiger partial charge in [-0.15, -0.1) is 11.3 Å². The van der Waals surface area contributed by atoms with Gasteiger partial charge in [0.05, 0.1) is 3.79 Å². The van der Waals surface area contributed by atoms with E-state index < -0.39 is 0 Å². The second-order valence-corrected chi connectivity index (χ2v) is 8.76. The summed E-state index contributed by atoms with van der Waals surface area (Å²) in [7, 11) is 0. The monoisotopic (exact) mass is 353 g/mol. The molecule has 2 aromatic heterocycles. The first kappa shape index (κ1) is 14.4. The maximum atomic E-state index is 5.88. The molecule has 0 saturated heterocycles. The van der Waals surface area contributed by atoms with Gasteiger partial charge in [-0.25, -0.2) is 0 Å². The number of furan rings is 1. The van der Waals surface area contributed by atoms with Gasteiger partial charge in [0.25, 0.3) is 0 Å². The van der Waals surface area contributed by atoms with Crippen LogP contribution in [0.15, 0.2) is 25.7 Å². The van der Waals surface area contributed by atoms with Gasteiger partial charge in [-0.05, 0) is 57.8 Å². The number of thiophene rings is 1. The Bertz CT molecular complexity index is 614. The smallest absolute Gasteiger partial charge is 0.109 e. The number of nitrogens with one attached hydrogen (secondary N) is 1. The van der Waals surface area contributed by atoms with E-state index in [9.17, 15) is 0 Å². The third-order valence-electron chi connectivity index (χ3n) is 3.91. The summed E-state index contributed by atoms with van der Waals surface area (Å²) >= 11 is 5.26. The fourth-order valence-electron chi connectivity index (χ4n) is 3.05. The molecule has 1 unspecified atom stereocenters. The molecule has 1 N–H and O–H groups in total. The van der Waals surface area contributed by atoms with Crippen LogP contribution in [0.4, 0.5) is 0 Å². The molecule has 2 nitrogen and oxygen atoms in total. The Hall–Kier alpha value is -0.580. The number of rotatable bonds is 3. The van der Waals surface area contributed by atoms with E-state index in [1.165, 1.54) is 20.7 Å². The zero-order chi connectivity index (χ0) is 14.3. The predicted molar refractivity (Wildman–Crippen MR) is 87.1 cm³/mol. The van der Waals surface area contributed by atoms with Crippen molar-refractivity contribution in [3.63, 3.8) is 0 Å². The summed E-state index contributed by atoms with van der Waals surface area (Å²) in [5.41, 5.74) is 2.99. The number of hydrogen-bond donors (Lipinski definition) is 1. The van der Waals surface area contributed by atoms with E-state index in [0.717, 1.165) is 25.1 Å². The molecule has 20 heavy (non-hydrogen) atoms. The Morgan fingerprint density at radius 3 is 2.95 bits per heavy atom. The lowest BCUT2D eigenvalue weighted by Gasteiger charge is -2.34. The fourth-order valence-corrected chi connectivity index (χ4v) is 4.26. The van der Waals surface area contributed by atoms with E-state index >= 15 is 0 Å². The molecule has 0 spiro atoms. The third kappa shape index (κ3) is 3.02. The maximum Gasteiger partial charge on any atom is 0.109 e. The number of aryl methyl sites for hydroxylation is 1. The Labute approximate surface area is 132 Å². The van der Waals surface area contributed by atoms with E-state index in [-0.39, 0.29) is 0 Å². The molecule has 0 aromatic carbocycles. The molecule has 0 amide bonds. The molecular formula is C16H20BrNOS. The van der Waals surface area contributed by atoms with E-state index in [1.54, 1.807) is 11.3 Å². The summed E-state index contributed by atoms with van der Waals surface area (Å²) in [6.07, 6.45) is 2.20. The summed E-state index contributed by atoms with van der Waals surface area (Å²) < 4.78 is 7.08. The van der Waals surface area contributed by atoms with Gasteiger partial charge < -0.3 is 9.73 Å². The van der Waals surface area contributed by atoms with Gasteiger partial charge in [-0.1, -0.05) is 13.8 Å². The van der Waals surface area contributed by atoms with Crippen LogP contribution in [0.3, 0.4) is 0 Å². The molecule has 2 heterocycles. The lowest BCUT2D eigenvalue weighted by Crippen LogP contribution is -2.32. The highest BCUT2D eigenvalue weighted by molar-refractivity contribution is 9.11. The summed E-state index contributed by atoms with van der Waals surface area (Å²) in [6, 6.07) is 4.78. The van der Waals surface area contributed by atoms with Crippen LogP contribution in [0.5, 0.6) is 0 Å². The number of halogens is 1. The molecule has 1 aliphatic carbocycles. The van der Waals surface area contributed by atoms with Gasteiger partial charge >= 0.3 is 0 Å². The number of fused-ring (bicyclic) bond motifs is 1. The Morgan fingerprint density at radius 1 is 1.45 bits per heavy atom. The summed E-state index contributed by atoms with van der Waals surface area (Å²) in [4.78, 5) is 0. The van der Waals surface area contributed by atoms with Gasteiger partial charge in [0.2, 0.25) is 0 Å². The van der Waals surface area contributed by atoms with Crippen LogP contribution < -0.4 is 5.32 Å². The summed E-state index contributed by atoms with van der Waals surface area (Å²) in [5.74, 6) is 2.19. The molecule has 0 bridgehead atoms. The molecule has 4 heteroatoms. The summed E-state index contributed by atoms with van der Waals surface area (Å²) in [5, 5.41) is 5.90. The van der Waals surface area contributed by atoms with Crippen LogP contribution in [-0.2, 0) is 13.0 Å². The highest BCUT2D eigenvalue weighted by Crippen LogP contribution is 2.42. The quantitative estimate of drug-likeness (QED) is 0.818. The molecule has 108 valence electrons. The maximum absolute atomic E-state index is 5.88. The second-order valence-electron chi connectivity index (χ2n) is 6.47. The van der Waals surface area contributed by atoms with E-state index in [4.69, 9.17) is 4.42 Å². The minimum absolute atomic E-state index is 0.296. The second kappa shape index (κ2) is 5.32. The zero-order valence-electron chi connectivity index (χ0n) is 12.1. The molecule has 2 aromatic rings. The van der Waals surface area contributed by atoms with E-state index in [1.807, 2.05) is 6.92 Å². The molecule has 1 aliphatic rings. The molecule has 0 radical (unpaired) electrons. The highest BCUT2D eigenvalue weighted by Gasteiger charge is 2.34. The highest BCUT2D eigenvalue weighted by atomic mass is 79.9. The van der Waals surface area contributed by atoms with Gasteiger partial charge in [0.1, 0.15) is 11.5 Å². The first-order valence-electron chi connectivity index (χ1n) is 6.98. The van der Waals surface area contributed by atoms with Crippen molar-refractivity contribution < 1.29 is 4.42 Å². The molecule has 0 aliphatic heterocycles. The van der Waals surface area contributed by atoms with Crippen molar-refractivity contribution in [1.82, 2.24) is 5.32 Å². The predicted octanol–water partition coefficient (Wildman–Crippen LogP) is 5.22. The van der Waals surface area contributed by atoms with Gasteiger partial charge in [0, 0.05) is 24.6 Å². The third-order valence-corrected chi connectivity index (χ3v) is 5.46. The van der Waals surface area contributed by atoms with Crippen molar-refractivity contribution in [2.75, 3.05) is 0 Å². The van der Waals surface area contributed by atoms with Crippen molar-refractivity contribution in [2.24, 2.45) is 5.41 Å². The molecule has 3 rings (SSSR count). The summed E-state index contributed by atoms with van der Waals surface area (Å²) in [6.45, 7) is 7.60. The van der Waals surface area contributed by atoms with Crippen molar-refractivity contribution in [1.29, 1.82) is 0 Å². The average molecular weight is 354 g/mol. The lowest BCUT2D eigenvalue weighted by atomic mass is 9.74. The van der Waals surface area contributed by atoms with Crippen LogP contribution in [-0.4, -0.2) is 0 Å². The standard InChI is InChI=1S/C16H20BrNOS/c1-10-4-12-13(6-16(2,3)7-14(12)19-10)18-8-11-5-15(17)20-9-11/h4-5,9,13,18H,6-8H2,1-3H3. The zero-order valence-corrected chi connectivity index (χ0v) is 14.5. The van der Waals surface area contributed by atoms with Gasteiger partial charge in [0.15, 0.2) is 0 Å². The average Bonchev–Trinajstić information content (AvgIpc) is 2.90. The first-order valence-corrected chi connectivity index (χ1v) is 8.66. The number of hydrogen-bond acceptors (Lipinski definition) is 3. The SMILES string of the molecule is Cc1cc2c(o1)CC(C)(C)CC2NCc1csc(Br)c1. The van der Waals surface area contributed by atoms with Crippen molar-refractivity contribution in [3.8, 4) is 0 Å². The van der Waals surface area contributed by atoms with Crippen LogP contribution in [0.25, 0.3) is 0 Å². The van der Waals surface area contributed by atoms with Gasteiger partial charge in [-0.2, -0.15) is 0 Å². The minimum Gasteiger partial charge on any atom is -0.466 e. The van der Waals surface area contributed by atoms with Crippen molar-refractivity contribution in [2.45, 2.75) is 46.2 Å². The van der Waals surface area contributed by atoms with Crippen molar-refractivity contribution >= 4 is 27.3 Å². The molecule has 0 fully saturated rings. The van der Waals surface area contributed by atoms with Gasteiger partial charge in [-0.3, -0.25) is 0 Å².